The maximum Gasteiger partial charge on any atom is 0.242 e. The highest BCUT2D eigenvalue weighted by Crippen LogP contribution is 2.27. The van der Waals surface area contributed by atoms with E-state index in [1.165, 1.54) is 15.8 Å². The fraction of sp³-hybridized carbons (Fsp3) is 0.211. The molecule has 0 radical (unpaired) electrons. The third kappa shape index (κ3) is 3.87. The summed E-state index contributed by atoms with van der Waals surface area (Å²) in [4.78, 5) is 12.3. The van der Waals surface area contributed by atoms with Crippen molar-refractivity contribution in [1.29, 1.82) is 0 Å². The van der Waals surface area contributed by atoms with Crippen molar-refractivity contribution in [2.45, 2.75) is 25.4 Å². The number of nitrogens with zero attached hydrogens (tertiary/aromatic N) is 3. The van der Waals surface area contributed by atoms with Gasteiger partial charge in [-0.1, -0.05) is 65.9 Å². The molecule has 5 heteroatoms. The van der Waals surface area contributed by atoms with Gasteiger partial charge in [-0.05, 0) is 18.1 Å². The van der Waals surface area contributed by atoms with Gasteiger partial charge in [0, 0.05) is 18.2 Å². The minimum atomic E-state index is -0.0788. The van der Waals surface area contributed by atoms with Crippen LogP contribution in [-0.2, 0) is 11.3 Å². The highest BCUT2D eigenvalue weighted by atomic mass is 16.2. The molecule has 3 rings (SSSR count). The Morgan fingerprint density at radius 2 is 1.62 bits per heavy atom. The van der Waals surface area contributed by atoms with Gasteiger partial charge in [-0.2, -0.15) is 0 Å². The molecule has 1 atom stereocenters. The highest BCUT2D eigenvalue weighted by molar-refractivity contribution is 5.76. The largest absolute Gasteiger partial charge is 0.351 e. The number of carbonyl (C=O) groups excluding carboxylic acids is 1. The number of hydrogen-bond donors (Lipinski definition) is 1. The normalized spacial score (nSPS) is 12.1. The van der Waals surface area contributed by atoms with Gasteiger partial charge in [-0.3, -0.25) is 4.79 Å². The number of rotatable bonds is 6. The molecule has 0 aliphatic carbocycles. The van der Waals surface area contributed by atoms with Crippen LogP contribution in [0.5, 0.6) is 0 Å². The fourth-order valence-corrected chi connectivity index (χ4v) is 2.94. The van der Waals surface area contributed by atoms with Gasteiger partial charge < -0.3 is 5.32 Å². The van der Waals surface area contributed by atoms with E-state index in [9.17, 15) is 4.79 Å². The summed E-state index contributed by atoms with van der Waals surface area (Å²) in [5.74, 6) is 0.0111. The molecule has 1 heterocycles. The predicted octanol–water partition coefficient (Wildman–Crippen LogP) is 2.61. The second-order valence-electron chi connectivity index (χ2n) is 5.76. The summed E-state index contributed by atoms with van der Waals surface area (Å²) in [5.41, 5.74) is 2.36. The van der Waals surface area contributed by atoms with E-state index in [0.717, 1.165) is 0 Å². The molecule has 1 aromatic heterocycles. The Labute approximate surface area is 141 Å². The molecule has 0 saturated carbocycles. The second kappa shape index (κ2) is 7.55. The Balaban J connectivity index is 1.79. The summed E-state index contributed by atoms with van der Waals surface area (Å²) in [6.07, 6.45) is 3.24. The smallest absolute Gasteiger partial charge is 0.242 e. The van der Waals surface area contributed by atoms with E-state index < -0.39 is 0 Å². The van der Waals surface area contributed by atoms with Crippen LogP contribution in [-0.4, -0.2) is 26.9 Å². The lowest BCUT2D eigenvalue weighted by molar-refractivity contribution is -0.122. The summed E-state index contributed by atoms with van der Waals surface area (Å²) in [6, 6.07) is 20.4. The van der Waals surface area contributed by atoms with Crippen molar-refractivity contribution in [2.24, 2.45) is 0 Å². The van der Waals surface area contributed by atoms with Gasteiger partial charge in [0.2, 0.25) is 5.91 Å². The third-order valence-electron chi connectivity index (χ3n) is 3.98. The minimum absolute atomic E-state index is 0.0502. The first-order valence-corrected chi connectivity index (χ1v) is 7.97. The number of aromatic nitrogens is 3. The van der Waals surface area contributed by atoms with Crippen molar-refractivity contribution in [3.8, 4) is 0 Å². The average Bonchev–Trinajstić information content (AvgIpc) is 3.10. The molecule has 0 aliphatic rings. The predicted molar refractivity (Wildman–Crippen MR) is 92.4 cm³/mol. The van der Waals surface area contributed by atoms with Gasteiger partial charge >= 0.3 is 0 Å². The van der Waals surface area contributed by atoms with Crippen molar-refractivity contribution in [2.75, 3.05) is 0 Å². The minimum Gasteiger partial charge on any atom is -0.351 e. The highest BCUT2D eigenvalue weighted by Gasteiger charge is 2.22. The van der Waals surface area contributed by atoms with E-state index in [2.05, 4.69) is 39.9 Å². The number of hydrogen-bond acceptors (Lipinski definition) is 3. The van der Waals surface area contributed by atoms with Crippen LogP contribution in [0.3, 0.4) is 0 Å². The van der Waals surface area contributed by atoms with Crippen LogP contribution >= 0.6 is 0 Å². The monoisotopic (exact) mass is 320 g/mol. The van der Waals surface area contributed by atoms with Crippen LogP contribution in [0.2, 0.25) is 0 Å². The maximum atomic E-state index is 12.3. The van der Waals surface area contributed by atoms with Crippen LogP contribution in [0.4, 0.5) is 0 Å². The third-order valence-corrected chi connectivity index (χ3v) is 3.98. The van der Waals surface area contributed by atoms with Crippen LogP contribution in [0.15, 0.2) is 73.1 Å². The number of nitrogens with one attached hydrogen (secondary N) is 1. The van der Waals surface area contributed by atoms with E-state index in [1.807, 2.05) is 43.3 Å². The zero-order chi connectivity index (χ0) is 16.8. The Kier molecular flexibility index (Phi) is 5.01. The molecular weight excluding hydrogens is 300 g/mol. The molecule has 0 bridgehead atoms. The summed E-state index contributed by atoms with van der Waals surface area (Å²) >= 11 is 0. The molecule has 0 spiro atoms. The summed E-state index contributed by atoms with van der Waals surface area (Å²) in [5, 5.41) is 10.6. The van der Waals surface area contributed by atoms with E-state index in [4.69, 9.17) is 0 Å². The van der Waals surface area contributed by atoms with Crippen molar-refractivity contribution < 1.29 is 4.79 Å². The van der Waals surface area contributed by atoms with Crippen molar-refractivity contribution in [3.63, 3.8) is 0 Å². The molecule has 2 aromatic carbocycles. The lowest BCUT2D eigenvalue weighted by Gasteiger charge is -2.26. The molecule has 24 heavy (non-hydrogen) atoms. The van der Waals surface area contributed by atoms with Crippen LogP contribution in [0, 0.1) is 0 Å². The van der Waals surface area contributed by atoms with E-state index in [1.54, 1.807) is 12.4 Å². The van der Waals surface area contributed by atoms with Crippen LogP contribution < -0.4 is 5.32 Å². The van der Waals surface area contributed by atoms with Gasteiger partial charge in [0.25, 0.3) is 0 Å². The zero-order valence-corrected chi connectivity index (χ0v) is 13.5. The average molecular weight is 320 g/mol. The molecule has 0 saturated heterocycles. The molecule has 1 N–H and O–H groups in total. The van der Waals surface area contributed by atoms with Gasteiger partial charge in [0.1, 0.15) is 6.54 Å². The van der Waals surface area contributed by atoms with Crippen molar-refractivity contribution in [3.05, 3.63) is 84.2 Å². The van der Waals surface area contributed by atoms with Gasteiger partial charge in [-0.25, -0.2) is 4.68 Å². The standard InChI is InChI=1S/C19H20N4O/c1-15(21-18(24)14-23-13-12-20-22-23)19(16-8-4-2-5-9-16)17-10-6-3-7-11-17/h2-13,15,19H,14H2,1H3,(H,21,24)/t15-/m1/s1. The fourth-order valence-electron chi connectivity index (χ4n) is 2.94. The lowest BCUT2D eigenvalue weighted by Crippen LogP contribution is -2.39. The second-order valence-corrected chi connectivity index (χ2v) is 5.76. The van der Waals surface area contributed by atoms with Gasteiger partial charge in [0.05, 0.1) is 6.20 Å². The van der Waals surface area contributed by atoms with Crippen molar-refractivity contribution >= 4 is 5.91 Å². The lowest BCUT2D eigenvalue weighted by atomic mass is 9.86. The first-order chi connectivity index (χ1) is 11.7. The summed E-state index contributed by atoms with van der Waals surface area (Å²) < 4.78 is 1.52. The van der Waals surface area contributed by atoms with E-state index in [0.29, 0.717) is 0 Å². The van der Waals surface area contributed by atoms with Crippen LogP contribution in [0.25, 0.3) is 0 Å². The number of amides is 1. The Bertz CT molecular complexity index is 717. The van der Waals surface area contributed by atoms with Crippen molar-refractivity contribution in [1.82, 2.24) is 20.3 Å². The Morgan fingerprint density at radius 1 is 1.04 bits per heavy atom. The molecule has 1 amide bonds. The first kappa shape index (κ1) is 15.9. The summed E-state index contributed by atoms with van der Waals surface area (Å²) in [6.45, 7) is 2.20. The molecule has 122 valence electrons. The van der Waals surface area contributed by atoms with Gasteiger partial charge in [0.15, 0.2) is 0 Å². The molecular formula is C19H20N4O. The molecule has 3 aromatic rings. The molecule has 5 nitrogen and oxygen atoms in total. The SMILES string of the molecule is C[C@@H](NC(=O)Cn1ccnn1)C(c1ccccc1)c1ccccc1. The maximum absolute atomic E-state index is 12.3. The molecule has 0 aliphatic heterocycles. The van der Waals surface area contributed by atoms with Crippen LogP contribution in [0.1, 0.15) is 24.0 Å². The molecule has 0 unspecified atom stereocenters. The number of carbonyl (C=O) groups is 1. The zero-order valence-electron chi connectivity index (χ0n) is 13.5. The van der Waals surface area contributed by atoms with Gasteiger partial charge in [-0.15, -0.1) is 5.10 Å². The Morgan fingerprint density at radius 3 is 2.12 bits per heavy atom. The topological polar surface area (TPSA) is 59.8 Å². The first-order valence-electron chi connectivity index (χ1n) is 7.97. The number of benzene rings is 2. The van der Waals surface area contributed by atoms with E-state index >= 15 is 0 Å². The summed E-state index contributed by atoms with van der Waals surface area (Å²) in [7, 11) is 0. The van der Waals surface area contributed by atoms with E-state index in [-0.39, 0.29) is 24.4 Å². The Hall–Kier alpha value is -2.95. The molecule has 0 fully saturated rings. The quantitative estimate of drug-likeness (QED) is 0.759.